The van der Waals surface area contributed by atoms with Gasteiger partial charge in [-0.15, -0.1) is 0 Å². The average molecular weight is 197 g/mol. The molecule has 0 aromatic carbocycles. The molecule has 14 heavy (non-hydrogen) atoms. The lowest BCUT2D eigenvalue weighted by Crippen LogP contribution is -2.35. The number of amides is 2. The number of nitrogens with two attached hydrogens (primary N) is 1. The highest BCUT2D eigenvalue weighted by molar-refractivity contribution is 5.71. The van der Waals surface area contributed by atoms with Gasteiger partial charge in [-0.2, -0.15) is 5.10 Å². The molecule has 0 radical (unpaired) electrons. The van der Waals surface area contributed by atoms with Crippen LogP contribution in [0.15, 0.2) is 12.3 Å². The van der Waals surface area contributed by atoms with Crippen LogP contribution in [0.25, 0.3) is 0 Å². The van der Waals surface area contributed by atoms with Gasteiger partial charge in [-0.3, -0.25) is 4.68 Å². The molecule has 0 atom stereocenters. The van der Waals surface area contributed by atoms with Crippen molar-refractivity contribution in [3.05, 3.63) is 18.0 Å². The second-order valence-electron chi connectivity index (χ2n) is 2.91. The van der Waals surface area contributed by atoms with Crippen LogP contribution in [-0.2, 0) is 13.6 Å². The molecule has 1 heterocycles. The molecule has 0 aliphatic heterocycles. The monoisotopic (exact) mass is 197 g/mol. The van der Waals surface area contributed by atoms with Gasteiger partial charge in [0.05, 0.1) is 5.69 Å². The number of carbonyl (C=O) groups excluding carboxylic acids is 1. The second kappa shape index (κ2) is 5.23. The zero-order valence-corrected chi connectivity index (χ0v) is 8.16. The summed E-state index contributed by atoms with van der Waals surface area (Å²) in [5.74, 6) is 0. The Morgan fingerprint density at radius 2 is 2.43 bits per heavy atom. The van der Waals surface area contributed by atoms with Gasteiger partial charge in [-0.25, -0.2) is 4.79 Å². The van der Waals surface area contributed by atoms with Gasteiger partial charge in [-0.05, 0) is 6.07 Å². The van der Waals surface area contributed by atoms with E-state index in [0.29, 0.717) is 13.1 Å². The Bertz CT molecular complexity index is 296. The largest absolute Gasteiger partial charge is 0.352 e. The van der Waals surface area contributed by atoms with Crippen molar-refractivity contribution in [2.45, 2.75) is 6.54 Å². The number of hydrogen-bond acceptors (Lipinski definition) is 3. The van der Waals surface area contributed by atoms with E-state index in [1.807, 2.05) is 13.1 Å². The molecule has 1 aromatic rings. The van der Waals surface area contributed by atoms with E-state index in [-0.39, 0.29) is 0 Å². The van der Waals surface area contributed by atoms with Crippen molar-refractivity contribution in [1.82, 2.24) is 20.4 Å². The molecule has 0 unspecified atom stereocenters. The summed E-state index contributed by atoms with van der Waals surface area (Å²) >= 11 is 0. The number of primary amides is 1. The summed E-state index contributed by atoms with van der Waals surface area (Å²) in [5, 5.41) is 9.68. The fraction of sp³-hybridized carbons (Fsp3) is 0.500. The van der Waals surface area contributed by atoms with Crippen LogP contribution in [0.2, 0.25) is 0 Å². The lowest BCUT2D eigenvalue weighted by molar-refractivity contribution is 0.249. The van der Waals surface area contributed by atoms with Crippen molar-refractivity contribution in [2.75, 3.05) is 13.1 Å². The van der Waals surface area contributed by atoms with E-state index in [2.05, 4.69) is 15.7 Å². The van der Waals surface area contributed by atoms with Gasteiger partial charge >= 0.3 is 6.03 Å². The molecule has 2 amide bonds. The van der Waals surface area contributed by atoms with E-state index in [4.69, 9.17) is 5.73 Å². The number of nitrogens with zero attached hydrogens (tertiary/aromatic N) is 2. The molecule has 1 aromatic heterocycles. The summed E-state index contributed by atoms with van der Waals surface area (Å²) in [6.07, 6.45) is 1.75. The van der Waals surface area contributed by atoms with Crippen LogP contribution in [0, 0.1) is 0 Å². The molecule has 0 saturated heterocycles. The minimum atomic E-state index is -0.493. The molecule has 0 fully saturated rings. The van der Waals surface area contributed by atoms with E-state index >= 15 is 0 Å². The zero-order chi connectivity index (χ0) is 10.4. The molecule has 6 heteroatoms. The highest BCUT2D eigenvalue weighted by Crippen LogP contribution is 1.93. The first-order chi connectivity index (χ1) is 6.70. The summed E-state index contributed by atoms with van der Waals surface area (Å²) in [6.45, 7) is 1.96. The summed E-state index contributed by atoms with van der Waals surface area (Å²) in [7, 11) is 1.89. The molecular formula is C8H15N5O. The molecule has 78 valence electrons. The number of carbonyl (C=O) groups is 1. The van der Waals surface area contributed by atoms with Crippen LogP contribution in [0.5, 0.6) is 0 Å². The van der Waals surface area contributed by atoms with Crippen molar-refractivity contribution in [3.63, 3.8) is 0 Å². The Hall–Kier alpha value is -1.56. The van der Waals surface area contributed by atoms with E-state index in [1.54, 1.807) is 10.9 Å². The maximum absolute atomic E-state index is 10.3. The quantitative estimate of drug-likeness (QED) is 0.539. The number of hydrogen-bond donors (Lipinski definition) is 3. The van der Waals surface area contributed by atoms with Gasteiger partial charge < -0.3 is 16.4 Å². The van der Waals surface area contributed by atoms with Crippen molar-refractivity contribution in [2.24, 2.45) is 12.8 Å². The van der Waals surface area contributed by atoms with E-state index < -0.39 is 6.03 Å². The van der Waals surface area contributed by atoms with Crippen LogP contribution in [0.1, 0.15) is 5.69 Å². The van der Waals surface area contributed by atoms with Crippen LogP contribution in [0.4, 0.5) is 4.79 Å². The molecule has 6 nitrogen and oxygen atoms in total. The standard InChI is InChI=1S/C8H15N5O/c1-13-7(2-3-12-13)6-10-4-5-11-8(9)14/h2-3,10H,4-6H2,1H3,(H3,9,11,14). The van der Waals surface area contributed by atoms with Crippen LogP contribution < -0.4 is 16.4 Å². The molecule has 0 aliphatic carbocycles. The normalized spacial score (nSPS) is 10.1. The molecular weight excluding hydrogens is 182 g/mol. The molecule has 0 aliphatic rings. The Labute approximate surface area is 82.5 Å². The zero-order valence-electron chi connectivity index (χ0n) is 8.16. The van der Waals surface area contributed by atoms with E-state index in [1.165, 1.54) is 0 Å². The number of aryl methyl sites for hydroxylation is 1. The third kappa shape index (κ3) is 3.44. The van der Waals surface area contributed by atoms with Crippen LogP contribution in [-0.4, -0.2) is 28.9 Å². The van der Waals surface area contributed by atoms with Crippen molar-refractivity contribution < 1.29 is 4.79 Å². The first kappa shape index (κ1) is 10.5. The fourth-order valence-electron chi connectivity index (χ4n) is 1.07. The van der Waals surface area contributed by atoms with Crippen LogP contribution >= 0.6 is 0 Å². The Morgan fingerprint density at radius 3 is 3.00 bits per heavy atom. The Kier molecular flexibility index (Phi) is 3.93. The third-order valence-corrected chi connectivity index (χ3v) is 1.83. The van der Waals surface area contributed by atoms with Gasteiger partial charge in [0.15, 0.2) is 0 Å². The van der Waals surface area contributed by atoms with Gasteiger partial charge in [0.25, 0.3) is 0 Å². The summed E-state index contributed by atoms with van der Waals surface area (Å²) in [6, 6.07) is 1.45. The highest BCUT2D eigenvalue weighted by Gasteiger charge is 1.96. The topological polar surface area (TPSA) is 85.0 Å². The smallest absolute Gasteiger partial charge is 0.312 e. The number of rotatable bonds is 5. The first-order valence-corrected chi connectivity index (χ1v) is 4.41. The van der Waals surface area contributed by atoms with Gasteiger partial charge in [-0.1, -0.05) is 0 Å². The van der Waals surface area contributed by atoms with Gasteiger partial charge in [0, 0.05) is 32.9 Å². The molecule has 4 N–H and O–H groups in total. The third-order valence-electron chi connectivity index (χ3n) is 1.83. The van der Waals surface area contributed by atoms with E-state index in [9.17, 15) is 4.79 Å². The maximum atomic E-state index is 10.3. The van der Waals surface area contributed by atoms with Gasteiger partial charge in [0.1, 0.15) is 0 Å². The predicted octanol–water partition coefficient (Wildman–Crippen LogP) is -0.822. The summed E-state index contributed by atoms with van der Waals surface area (Å²) in [4.78, 5) is 10.3. The van der Waals surface area contributed by atoms with Crippen molar-refractivity contribution in [3.8, 4) is 0 Å². The maximum Gasteiger partial charge on any atom is 0.312 e. The number of urea groups is 1. The van der Waals surface area contributed by atoms with Crippen molar-refractivity contribution >= 4 is 6.03 Å². The lowest BCUT2D eigenvalue weighted by atomic mass is 10.4. The molecule has 1 rings (SSSR count). The highest BCUT2D eigenvalue weighted by atomic mass is 16.2. The van der Waals surface area contributed by atoms with Crippen LogP contribution in [0.3, 0.4) is 0 Å². The lowest BCUT2D eigenvalue weighted by Gasteiger charge is -2.05. The summed E-state index contributed by atoms with van der Waals surface area (Å²) in [5.41, 5.74) is 6.00. The van der Waals surface area contributed by atoms with Crippen molar-refractivity contribution in [1.29, 1.82) is 0 Å². The average Bonchev–Trinajstić information content (AvgIpc) is 2.51. The number of nitrogens with one attached hydrogen (secondary N) is 2. The molecule has 0 spiro atoms. The SMILES string of the molecule is Cn1nccc1CNCCNC(N)=O. The number of aromatic nitrogens is 2. The predicted molar refractivity (Wildman–Crippen MR) is 52.5 cm³/mol. The molecule has 0 saturated carbocycles. The van der Waals surface area contributed by atoms with Gasteiger partial charge in [0.2, 0.25) is 0 Å². The first-order valence-electron chi connectivity index (χ1n) is 4.41. The fourth-order valence-corrected chi connectivity index (χ4v) is 1.07. The minimum absolute atomic E-state index is 0.493. The minimum Gasteiger partial charge on any atom is -0.352 e. The second-order valence-corrected chi connectivity index (χ2v) is 2.91. The Morgan fingerprint density at radius 1 is 1.64 bits per heavy atom. The van der Waals surface area contributed by atoms with E-state index in [0.717, 1.165) is 12.2 Å². The Balaban J connectivity index is 2.10. The molecule has 0 bridgehead atoms. The summed E-state index contributed by atoms with van der Waals surface area (Å²) < 4.78 is 1.80.